The number of rotatable bonds is 4. The van der Waals surface area contributed by atoms with Gasteiger partial charge in [-0.3, -0.25) is 0 Å². The lowest BCUT2D eigenvalue weighted by atomic mass is 9.94. The van der Waals surface area contributed by atoms with Crippen molar-refractivity contribution in [3.63, 3.8) is 0 Å². The zero-order chi connectivity index (χ0) is 15.7. The Morgan fingerprint density at radius 1 is 1.00 bits per heavy atom. The molecule has 0 unspecified atom stereocenters. The fourth-order valence-electron chi connectivity index (χ4n) is 3.15. The third-order valence-corrected chi connectivity index (χ3v) is 4.37. The average molecular weight is 292 g/mol. The van der Waals surface area contributed by atoms with E-state index < -0.39 is 0 Å². The molecule has 1 aromatic heterocycles. The summed E-state index contributed by atoms with van der Waals surface area (Å²) in [7, 11) is 4.24. The van der Waals surface area contributed by atoms with Crippen molar-refractivity contribution in [3.05, 3.63) is 59.3 Å². The third kappa shape index (κ3) is 2.79. The first kappa shape index (κ1) is 14.9. The van der Waals surface area contributed by atoms with Crippen LogP contribution in [0.3, 0.4) is 0 Å². The Bertz CT molecular complexity index is 776. The summed E-state index contributed by atoms with van der Waals surface area (Å²) in [5, 5.41) is 1.35. The number of aromatic nitrogens is 1. The number of aromatic amines is 1. The standard InChI is InChI=1S/C20H24N2/c1-14-6-5-7-15(2)20(14)16-8-9-19-18(12-16)17(13-21-19)10-11-22(3)4/h5-9,12-13,21H,10-11H2,1-4H3. The molecule has 0 bridgehead atoms. The molecule has 0 aliphatic carbocycles. The van der Waals surface area contributed by atoms with Crippen LogP contribution in [0.1, 0.15) is 16.7 Å². The zero-order valence-corrected chi connectivity index (χ0v) is 13.9. The van der Waals surface area contributed by atoms with E-state index in [0.717, 1.165) is 13.0 Å². The number of H-pyrrole nitrogens is 1. The van der Waals surface area contributed by atoms with Gasteiger partial charge in [0.1, 0.15) is 0 Å². The fraction of sp³-hybridized carbons (Fsp3) is 0.300. The molecule has 2 nitrogen and oxygen atoms in total. The Morgan fingerprint density at radius 2 is 1.73 bits per heavy atom. The van der Waals surface area contributed by atoms with Gasteiger partial charge in [-0.05, 0) is 74.3 Å². The third-order valence-electron chi connectivity index (χ3n) is 4.37. The molecule has 2 heteroatoms. The highest BCUT2D eigenvalue weighted by atomic mass is 15.0. The summed E-state index contributed by atoms with van der Waals surface area (Å²) < 4.78 is 0. The molecule has 3 rings (SSSR count). The summed E-state index contributed by atoms with van der Waals surface area (Å²) in [6, 6.07) is 13.3. The van der Waals surface area contributed by atoms with Crippen molar-refractivity contribution in [1.82, 2.24) is 9.88 Å². The largest absolute Gasteiger partial charge is 0.361 e. The van der Waals surface area contributed by atoms with Crippen molar-refractivity contribution in [3.8, 4) is 11.1 Å². The van der Waals surface area contributed by atoms with Gasteiger partial charge >= 0.3 is 0 Å². The van der Waals surface area contributed by atoms with Crippen LogP contribution in [-0.2, 0) is 6.42 Å². The molecule has 0 radical (unpaired) electrons. The van der Waals surface area contributed by atoms with Gasteiger partial charge in [0.05, 0.1) is 0 Å². The maximum absolute atomic E-state index is 3.40. The maximum atomic E-state index is 3.40. The molecule has 0 saturated heterocycles. The molecule has 0 saturated carbocycles. The molecule has 0 spiro atoms. The van der Waals surface area contributed by atoms with Crippen LogP contribution >= 0.6 is 0 Å². The van der Waals surface area contributed by atoms with E-state index in [2.05, 4.69) is 80.4 Å². The first-order valence-electron chi connectivity index (χ1n) is 7.87. The van der Waals surface area contributed by atoms with E-state index in [4.69, 9.17) is 0 Å². The molecule has 22 heavy (non-hydrogen) atoms. The van der Waals surface area contributed by atoms with Crippen molar-refractivity contribution in [1.29, 1.82) is 0 Å². The second-order valence-corrected chi connectivity index (χ2v) is 6.39. The molecule has 1 heterocycles. The summed E-state index contributed by atoms with van der Waals surface area (Å²) >= 11 is 0. The Hall–Kier alpha value is -2.06. The summed E-state index contributed by atoms with van der Waals surface area (Å²) in [5.74, 6) is 0. The zero-order valence-electron chi connectivity index (χ0n) is 13.9. The van der Waals surface area contributed by atoms with Gasteiger partial charge in [0.15, 0.2) is 0 Å². The van der Waals surface area contributed by atoms with Crippen LogP contribution in [0.5, 0.6) is 0 Å². The van der Waals surface area contributed by atoms with Crippen molar-refractivity contribution < 1.29 is 0 Å². The van der Waals surface area contributed by atoms with E-state index in [9.17, 15) is 0 Å². The summed E-state index contributed by atoms with van der Waals surface area (Å²) in [4.78, 5) is 5.63. The minimum atomic E-state index is 1.07. The van der Waals surface area contributed by atoms with Crippen molar-refractivity contribution in [2.24, 2.45) is 0 Å². The van der Waals surface area contributed by atoms with Gasteiger partial charge in [0.25, 0.3) is 0 Å². The first-order chi connectivity index (χ1) is 10.6. The van der Waals surface area contributed by atoms with E-state index in [1.165, 1.54) is 38.7 Å². The highest BCUT2D eigenvalue weighted by molar-refractivity contribution is 5.89. The highest BCUT2D eigenvalue weighted by Crippen LogP contribution is 2.31. The van der Waals surface area contributed by atoms with Gasteiger partial charge in [-0.15, -0.1) is 0 Å². The number of aryl methyl sites for hydroxylation is 2. The summed E-state index contributed by atoms with van der Waals surface area (Å²) in [5.41, 5.74) is 7.98. The van der Waals surface area contributed by atoms with E-state index in [1.54, 1.807) is 0 Å². The lowest BCUT2D eigenvalue weighted by Crippen LogP contribution is -2.14. The average Bonchev–Trinajstić information content (AvgIpc) is 2.87. The van der Waals surface area contributed by atoms with Crippen LogP contribution in [0.4, 0.5) is 0 Å². The van der Waals surface area contributed by atoms with E-state index in [0.29, 0.717) is 0 Å². The predicted octanol–water partition coefficient (Wildman–Crippen LogP) is 4.56. The molecule has 0 atom stereocenters. The van der Waals surface area contributed by atoms with Gasteiger partial charge in [0, 0.05) is 23.6 Å². The van der Waals surface area contributed by atoms with Crippen LogP contribution in [-0.4, -0.2) is 30.5 Å². The van der Waals surface area contributed by atoms with E-state index in [1.807, 2.05) is 0 Å². The van der Waals surface area contributed by atoms with E-state index in [-0.39, 0.29) is 0 Å². The molecule has 0 amide bonds. The van der Waals surface area contributed by atoms with Gasteiger partial charge in [0.2, 0.25) is 0 Å². The van der Waals surface area contributed by atoms with E-state index >= 15 is 0 Å². The molecule has 2 aromatic carbocycles. The number of nitrogens with zero attached hydrogens (tertiary/aromatic N) is 1. The lowest BCUT2D eigenvalue weighted by Gasteiger charge is -2.11. The lowest BCUT2D eigenvalue weighted by molar-refractivity contribution is 0.414. The second kappa shape index (κ2) is 5.98. The van der Waals surface area contributed by atoms with Crippen molar-refractivity contribution >= 4 is 10.9 Å². The van der Waals surface area contributed by atoms with Crippen LogP contribution in [0.15, 0.2) is 42.6 Å². The SMILES string of the molecule is Cc1cccc(C)c1-c1ccc2[nH]cc(CCN(C)C)c2c1. The van der Waals surface area contributed by atoms with Crippen LogP contribution < -0.4 is 0 Å². The molecule has 0 fully saturated rings. The maximum Gasteiger partial charge on any atom is 0.0457 e. The number of benzene rings is 2. The van der Waals surface area contributed by atoms with Gasteiger partial charge < -0.3 is 9.88 Å². The van der Waals surface area contributed by atoms with Crippen LogP contribution in [0.2, 0.25) is 0 Å². The molecular weight excluding hydrogens is 268 g/mol. The van der Waals surface area contributed by atoms with Gasteiger partial charge in [-0.2, -0.15) is 0 Å². The molecule has 3 aromatic rings. The summed E-state index contributed by atoms with van der Waals surface area (Å²) in [6.07, 6.45) is 3.23. The van der Waals surface area contributed by atoms with Crippen LogP contribution in [0.25, 0.3) is 22.0 Å². The molecule has 0 aliphatic heterocycles. The first-order valence-corrected chi connectivity index (χ1v) is 7.87. The molecule has 0 aliphatic rings. The van der Waals surface area contributed by atoms with Crippen molar-refractivity contribution in [2.45, 2.75) is 20.3 Å². The molecule has 1 N–H and O–H groups in total. The quantitative estimate of drug-likeness (QED) is 0.747. The highest BCUT2D eigenvalue weighted by Gasteiger charge is 2.09. The number of nitrogens with one attached hydrogen (secondary N) is 1. The minimum Gasteiger partial charge on any atom is -0.361 e. The van der Waals surface area contributed by atoms with Gasteiger partial charge in [-0.25, -0.2) is 0 Å². The number of hydrogen-bond donors (Lipinski definition) is 1. The number of hydrogen-bond acceptors (Lipinski definition) is 1. The minimum absolute atomic E-state index is 1.07. The second-order valence-electron chi connectivity index (χ2n) is 6.39. The van der Waals surface area contributed by atoms with Gasteiger partial charge in [-0.1, -0.05) is 24.3 Å². The Morgan fingerprint density at radius 3 is 2.41 bits per heavy atom. The monoisotopic (exact) mass is 292 g/mol. The Labute approximate surface area is 132 Å². The topological polar surface area (TPSA) is 19.0 Å². The Kier molecular flexibility index (Phi) is 4.04. The summed E-state index contributed by atoms with van der Waals surface area (Å²) in [6.45, 7) is 5.45. The number of fused-ring (bicyclic) bond motifs is 1. The Balaban J connectivity index is 2.07. The fourth-order valence-corrected chi connectivity index (χ4v) is 3.15. The smallest absolute Gasteiger partial charge is 0.0457 e. The normalized spacial score (nSPS) is 11.5. The van der Waals surface area contributed by atoms with Crippen LogP contribution in [0, 0.1) is 13.8 Å². The molecular formula is C20H24N2. The number of likely N-dealkylation sites (N-methyl/N-ethyl adjacent to an activating group) is 1. The predicted molar refractivity (Wildman–Crippen MR) is 95.5 cm³/mol. The van der Waals surface area contributed by atoms with Crippen molar-refractivity contribution in [2.75, 3.05) is 20.6 Å². The molecule has 114 valence electrons.